The van der Waals surface area contributed by atoms with Crippen molar-refractivity contribution in [3.8, 4) is 0 Å². The molecule has 16 heavy (non-hydrogen) atoms. The summed E-state index contributed by atoms with van der Waals surface area (Å²) in [6.45, 7) is 7.04. The van der Waals surface area contributed by atoms with E-state index >= 15 is 0 Å². The summed E-state index contributed by atoms with van der Waals surface area (Å²) >= 11 is 0. The third-order valence-corrected chi connectivity index (χ3v) is 3.82. The van der Waals surface area contributed by atoms with E-state index in [1.54, 1.807) is 6.08 Å². The molecular weight excluding hydrogens is 223 g/mol. The Morgan fingerprint density at radius 2 is 2.44 bits per heavy atom. The van der Waals surface area contributed by atoms with Crippen LogP contribution in [0.15, 0.2) is 36.5 Å². The Morgan fingerprint density at radius 1 is 1.75 bits per heavy atom. The van der Waals surface area contributed by atoms with Gasteiger partial charge in [0.25, 0.3) is 0 Å². The Kier molecular flexibility index (Phi) is 4.66. The van der Waals surface area contributed by atoms with E-state index in [-0.39, 0.29) is 0 Å². The second-order valence-corrected chi connectivity index (χ2v) is 5.32. The van der Waals surface area contributed by atoms with Crippen LogP contribution in [-0.2, 0) is 9.53 Å². The van der Waals surface area contributed by atoms with E-state index in [0.29, 0.717) is 11.5 Å². The Bertz CT molecular complexity index is 391. The first-order valence-corrected chi connectivity index (χ1v) is 6.54. The van der Waals surface area contributed by atoms with Crippen LogP contribution in [-0.4, -0.2) is 23.5 Å². The number of ether oxygens (including phenoxy) is 1. The quantitative estimate of drug-likeness (QED) is 0.426. The molecule has 1 rings (SSSR count). The summed E-state index contributed by atoms with van der Waals surface area (Å²) in [5, 5.41) is 0.674. The second kappa shape index (κ2) is 5.78. The van der Waals surface area contributed by atoms with Crippen molar-refractivity contribution in [2.24, 2.45) is 0 Å². The summed E-state index contributed by atoms with van der Waals surface area (Å²) in [6, 6.07) is 0. The molecule has 0 amide bonds. The van der Waals surface area contributed by atoms with Crippen LogP contribution in [0, 0.1) is 0 Å². The van der Waals surface area contributed by atoms with Crippen LogP contribution in [0.5, 0.6) is 0 Å². The third kappa shape index (κ3) is 2.91. The Hall–Kier alpha value is -1.18. The van der Waals surface area contributed by atoms with Gasteiger partial charge in [-0.3, -0.25) is 0 Å². The molecule has 0 bridgehead atoms. The molecule has 4 heteroatoms. The molecule has 0 aromatic carbocycles. The molecule has 0 saturated heterocycles. The number of allylic oxidation sites excluding steroid dienone is 2. The molecule has 0 aliphatic heterocycles. The van der Waals surface area contributed by atoms with Crippen molar-refractivity contribution in [3.05, 3.63) is 36.5 Å². The third-order valence-electron chi connectivity index (χ3n) is 2.28. The van der Waals surface area contributed by atoms with Gasteiger partial charge in [0, 0.05) is 6.08 Å². The van der Waals surface area contributed by atoms with Gasteiger partial charge in [-0.25, -0.2) is 4.79 Å². The van der Waals surface area contributed by atoms with Crippen LogP contribution in [0.25, 0.3) is 0 Å². The lowest BCUT2D eigenvalue weighted by atomic mass is 10.0. The average molecular weight is 238 g/mol. The van der Waals surface area contributed by atoms with Crippen molar-refractivity contribution in [2.75, 3.05) is 6.16 Å². The van der Waals surface area contributed by atoms with Crippen LogP contribution in [0.4, 0.5) is 0 Å². The number of hydrogen-bond acceptors (Lipinski definition) is 3. The van der Waals surface area contributed by atoms with E-state index in [1.165, 1.54) is 0 Å². The molecule has 3 nitrogen and oxygen atoms in total. The van der Waals surface area contributed by atoms with Crippen molar-refractivity contribution < 1.29 is 14.4 Å². The highest BCUT2D eigenvalue weighted by atomic mass is 31.1. The molecule has 1 aliphatic rings. The van der Waals surface area contributed by atoms with Crippen molar-refractivity contribution >= 4 is 19.0 Å². The van der Waals surface area contributed by atoms with Gasteiger partial charge in [-0.15, -0.1) is 0 Å². The lowest BCUT2D eigenvalue weighted by molar-refractivity contribution is -0.152. The van der Waals surface area contributed by atoms with Crippen molar-refractivity contribution in [3.63, 3.8) is 0 Å². The highest BCUT2D eigenvalue weighted by molar-refractivity contribution is 7.52. The SMILES string of the molecule is C=CC(=O)OC1C(C)=CC=CC1=[P+]([O-])CC. The number of carbonyl (C=O) groups excluding carboxylic acids is 1. The molecule has 2 atom stereocenters. The van der Waals surface area contributed by atoms with E-state index in [1.807, 2.05) is 26.0 Å². The fourth-order valence-electron chi connectivity index (χ4n) is 1.42. The van der Waals surface area contributed by atoms with Crippen molar-refractivity contribution in [1.29, 1.82) is 0 Å². The lowest BCUT2D eigenvalue weighted by Gasteiger charge is -2.19. The van der Waals surface area contributed by atoms with Gasteiger partial charge >= 0.3 is 5.97 Å². The lowest BCUT2D eigenvalue weighted by Crippen LogP contribution is -2.29. The molecule has 86 valence electrons. The Morgan fingerprint density at radius 3 is 3.00 bits per heavy atom. The van der Waals surface area contributed by atoms with Gasteiger partial charge in [0.05, 0.1) is 7.77 Å². The van der Waals surface area contributed by atoms with Crippen LogP contribution in [0.3, 0.4) is 0 Å². The number of hydrogen-bond donors (Lipinski definition) is 0. The van der Waals surface area contributed by atoms with Gasteiger partial charge in [0.1, 0.15) is 6.16 Å². The smallest absolute Gasteiger partial charge is 0.331 e. The van der Waals surface area contributed by atoms with E-state index in [4.69, 9.17) is 4.74 Å². The molecule has 0 saturated carbocycles. The number of esters is 1. The molecule has 0 aromatic rings. The highest BCUT2D eigenvalue weighted by Crippen LogP contribution is 2.24. The summed E-state index contributed by atoms with van der Waals surface area (Å²) in [7, 11) is -1.47. The average Bonchev–Trinajstić information content (AvgIpc) is 2.30. The van der Waals surface area contributed by atoms with Crippen LogP contribution < -0.4 is 4.89 Å². The number of carbonyl (C=O) groups is 1. The maximum Gasteiger partial charge on any atom is 0.331 e. The van der Waals surface area contributed by atoms with Gasteiger partial charge < -0.3 is 9.63 Å². The molecule has 2 unspecified atom stereocenters. The predicted octanol–water partition coefficient (Wildman–Crippen LogP) is 1.55. The fourth-order valence-corrected chi connectivity index (χ4v) is 2.56. The largest absolute Gasteiger partial charge is 0.630 e. The van der Waals surface area contributed by atoms with Crippen LogP contribution >= 0.6 is 7.77 Å². The highest BCUT2D eigenvalue weighted by Gasteiger charge is 2.26. The van der Waals surface area contributed by atoms with Gasteiger partial charge in [0.2, 0.25) is 0 Å². The summed E-state index contributed by atoms with van der Waals surface area (Å²) < 4.78 is 5.19. The van der Waals surface area contributed by atoms with E-state index in [2.05, 4.69) is 6.58 Å². The van der Waals surface area contributed by atoms with Crippen LogP contribution in [0.2, 0.25) is 0 Å². The predicted molar refractivity (Wildman–Crippen MR) is 65.4 cm³/mol. The topological polar surface area (TPSA) is 49.4 Å². The van der Waals surface area contributed by atoms with Gasteiger partial charge in [-0.05, 0) is 25.5 Å². The second-order valence-electron chi connectivity index (χ2n) is 3.41. The zero-order chi connectivity index (χ0) is 12.1. The summed E-state index contributed by atoms with van der Waals surface area (Å²) in [6.07, 6.45) is 6.59. The minimum Gasteiger partial charge on any atom is -0.630 e. The molecular formula is C12H15O3P. The van der Waals surface area contributed by atoms with E-state index in [0.717, 1.165) is 11.6 Å². The maximum atomic E-state index is 11.8. The molecule has 0 N–H and O–H groups in total. The molecule has 1 aliphatic carbocycles. The van der Waals surface area contributed by atoms with E-state index in [9.17, 15) is 9.69 Å². The standard InChI is InChI=1S/C12H15O3P/c1-4-11(13)15-12-9(3)7-6-8-10(12)16(14)5-2/h4,6-8,12H,1,5H2,2-3H3. The zero-order valence-electron chi connectivity index (χ0n) is 9.47. The molecule has 0 spiro atoms. The van der Waals surface area contributed by atoms with Gasteiger partial charge in [-0.2, -0.15) is 0 Å². The molecule has 0 heterocycles. The minimum atomic E-state index is -1.47. The molecule has 0 aromatic heterocycles. The first-order chi connectivity index (χ1) is 7.60. The van der Waals surface area contributed by atoms with Gasteiger partial charge in [-0.1, -0.05) is 18.7 Å². The maximum absolute atomic E-state index is 11.8. The Balaban J connectivity index is 3.01. The van der Waals surface area contributed by atoms with E-state index < -0.39 is 19.8 Å². The normalized spacial score (nSPS) is 22.4. The summed E-state index contributed by atoms with van der Waals surface area (Å²) in [5.74, 6) is -0.495. The summed E-state index contributed by atoms with van der Waals surface area (Å²) in [5.41, 5.74) is 0.879. The first-order valence-electron chi connectivity index (χ1n) is 5.09. The van der Waals surface area contributed by atoms with Gasteiger partial charge in [0.15, 0.2) is 11.4 Å². The van der Waals surface area contributed by atoms with Crippen LogP contribution in [0.1, 0.15) is 13.8 Å². The first kappa shape index (κ1) is 12.9. The number of rotatable bonds is 3. The van der Waals surface area contributed by atoms with Crippen molar-refractivity contribution in [2.45, 2.75) is 20.0 Å². The van der Waals surface area contributed by atoms with Crippen molar-refractivity contribution in [1.82, 2.24) is 0 Å². The zero-order valence-corrected chi connectivity index (χ0v) is 10.4. The Labute approximate surface area is 96.6 Å². The molecule has 0 fully saturated rings. The monoisotopic (exact) mass is 238 g/mol. The fraction of sp³-hybridized carbons (Fsp3) is 0.333. The minimum absolute atomic E-state index is 0.495. The summed E-state index contributed by atoms with van der Waals surface area (Å²) in [4.78, 5) is 23.0. The molecule has 0 radical (unpaired) electrons.